The van der Waals surface area contributed by atoms with Crippen molar-refractivity contribution in [3.05, 3.63) is 34.6 Å². The first kappa shape index (κ1) is 34.5. The van der Waals surface area contributed by atoms with E-state index in [9.17, 15) is 9.18 Å². The monoisotopic (exact) mass is 561 g/mol. The number of rotatable bonds is 15. The summed E-state index contributed by atoms with van der Waals surface area (Å²) in [5.41, 5.74) is 17.5. The summed E-state index contributed by atoms with van der Waals surface area (Å²) in [6, 6.07) is -0.0367. The summed E-state index contributed by atoms with van der Waals surface area (Å²) in [5.74, 6) is 0.357. The number of hydrogen-bond acceptors (Lipinski definition) is 5. The fourth-order valence-corrected chi connectivity index (χ4v) is 6.45. The third kappa shape index (κ3) is 10.6. The molecule has 6 unspecified atom stereocenters. The first-order chi connectivity index (χ1) is 19.1. The molecule has 0 saturated carbocycles. The Morgan fingerprint density at radius 1 is 1.25 bits per heavy atom. The highest BCUT2D eigenvalue weighted by atomic mass is 19.1. The zero-order valence-electron chi connectivity index (χ0n) is 26.3. The maximum Gasteiger partial charge on any atom is 0.232 e. The number of unbranched alkanes of at least 4 members (excludes halogenated alkanes) is 1. The number of piperidine rings is 1. The van der Waals surface area contributed by atoms with Crippen LogP contribution in [-0.2, 0) is 4.79 Å². The van der Waals surface area contributed by atoms with Gasteiger partial charge in [-0.3, -0.25) is 4.79 Å². The van der Waals surface area contributed by atoms with Crippen LogP contribution >= 0.6 is 0 Å². The molecule has 1 amide bonds. The topological polar surface area (TPSA) is 105 Å². The molecule has 40 heavy (non-hydrogen) atoms. The van der Waals surface area contributed by atoms with Crippen molar-refractivity contribution >= 4 is 5.91 Å². The number of allylic oxidation sites excluding steroid dienone is 4. The van der Waals surface area contributed by atoms with E-state index in [0.717, 1.165) is 51.5 Å². The van der Waals surface area contributed by atoms with Gasteiger partial charge in [0.2, 0.25) is 5.91 Å². The predicted molar refractivity (Wildman–Crippen MR) is 167 cm³/mol. The summed E-state index contributed by atoms with van der Waals surface area (Å²) in [6.07, 6.45) is 12.5. The highest BCUT2D eigenvalue weighted by Gasteiger charge is 2.35. The van der Waals surface area contributed by atoms with Crippen LogP contribution < -0.4 is 27.4 Å². The Bertz CT molecular complexity index is 867. The van der Waals surface area contributed by atoms with Crippen LogP contribution in [0.5, 0.6) is 0 Å². The highest BCUT2D eigenvalue weighted by molar-refractivity contribution is 5.82. The van der Waals surface area contributed by atoms with Crippen molar-refractivity contribution < 1.29 is 9.18 Å². The molecule has 2 rings (SSSR count). The standard InChI is InChI=1S/C33H60FN5O/c1-7-10-12-22(4)15-16-26(34)20-38-29(9-3)31(32(35)36)33(40)39-30-21-37-18-17-28(30)27-14-11-13-25(8-2)19-23(5)24(27)6/h9,13,22-23,26,28,30-32,37-38H,7-8,10-12,14-21,35-36H2,1-6H3,(H,39,40)/b25-13?,27-24?,29-9-. The second-order valence-corrected chi connectivity index (χ2v) is 12.4. The Balaban J connectivity index is 2.08. The van der Waals surface area contributed by atoms with Crippen LogP contribution in [0.4, 0.5) is 4.39 Å². The maximum absolute atomic E-state index is 14.8. The second kappa shape index (κ2) is 18.0. The van der Waals surface area contributed by atoms with Crippen molar-refractivity contribution in [3.63, 3.8) is 0 Å². The lowest BCUT2D eigenvalue weighted by atomic mass is 9.76. The van der Waals surface area contributed by atoms with Crippen LogP contribution in [0.15, 0.2) is 34.6 Å². The Kier molecular flexibility index (Phi) is 15.5. The van der Waals surface area contributed by atoms with Gasteiger partial charge in [0.1, 0.15) is 12.1 Å². The largest absolute Gasteiger partial charge is 0.385 e. The van der Waals surface area contributed by atoms with Crippen LogP contribution in [-0.4, -0.2) is 43.9 Å². The zero-order chi connectivity index (χ0) is 29.7. The van der Waals surface area contributed by atoms with E-state index in [1.165, 1.54) is 24.0 Å². The highest BCUT2D eigenvalue weighted by Crippen LogP contribution is 2.36. The van der Waals surface area contributed by atoms with Gasteiger partial charge in [0.15, 0.2) is 0 Å². The molecule has 1 saturated heterocycles. The molecule has 1 aliphatic carbocycles. The predicted octanol–water partition coefficient (Wildman–Crippen LogP) is 5.85. The summed E-state index contributed by atoms with van der Waals surface area (Å²) in [6.45, 7) is 14.9. The minimum atomic E-state index is -0.984. The summed E-state index contributed by atoms with van der Waals surface area (Å²) in [7, 11) is 0. The third-order valence-corrected chi connectivity index (χ3v) is 9.24. The lowest BCUT2D eigenvalue weighted by molar-refractivity contribution is -0.125. The average molecular weight is 562 g/mol. The van der Waals surface area contributed by atoms with E-state index in [-0.39, 0.29) is 24.4 Å². The number of nitrogens with two attached hydrogens (primary N) is 2. The lowest BCUT2D eigenvalue weighted by Gasteiger charge is -2.38. The summed E-state index contributed by atoms with van der Waals surface area (Å²) >= 11 is 0. The van der Waals surface area contributed by atoms with E-state index in [2.05, 4.69) is 56.6 Å². The van der Waals surface area contributed by atoms with Crippen LogP contribution in [0.25, 0.3) is 0 Å². The van der Waals surface area contributed by atoms with E-state index in [0.29, 0.717) is 30.5 Å². The molecular weight excluding hydrogens is 501 g/mol. The van der Waals surface area contributed by atoms with Gasteiger partial charge >= 0.3 is 0 Å². The van der Waals surface area contributed by atoms with Gasteiger partial charge in [0.25, 0.3) is 0 Å². The average Bonchev–Trinajstić information content (AvgIpc) is 2.93. The minimum Gasteiger partial charge on any atom is -0.385 e. The second-order valence-electron chi connectivity index (χ2n) is 12.4. The molecule has 2 aliphatic rings. The summed E-state index contributed by atoms with van der Waals surface area (Å²) < 4.78 is 14.8. The van der Waals surface area contributed by atoms with E-state index in [1.54, 1.807) is 5.57 Å². The number of nitrogens with one attached hydrogen (secondary N) is 3. The van der Waals surface area contributed by atoms with Crippen LogP contribution in [0.3, 0.4) is 0 Å². The van der Waals surface area contributed by atoms with Gasteiger partial charge in [-0.1, -0.05) is 75.8 Å². The van der Waals surface area contributed by atoms with Crippen molar-refractivity contribution in [2.24, 2.45) is 35.1 Å². The number of alkyl halides is 1. The molecular formula is C33H60FN5O. The number of amides is 1. The Morgan fingerprint density at radius 2 is 2.00 bits per heavy atom. The van der Waals surface area contributed by atoms with Crippen molar-refractivity contribution in [1.82, 2.24) is 16.0 Å². The molecule has 6 atom stereocenters. The molecule has 7 N–H and O–H groups in total. The molecule has 0 aromatic carbocycles. The van der Waals surface area contributed by atoms with Gasteiger partial charge in [-0.05, 0) is 77.2 Å². The molecule has 0 radical (unpaired) electrons. The molecule has 1 heterocycles. The van der Waals surface area contributed by atoms with Crippen molar-refractivity contribution in [2.75, 3.05) is 19.6 Å². The van der Waals surface area contributed by atoms with Gasteiger partial charge in [-0.15, -0.1) is 0 Å². The fraction of sp³-hybridized carbons (Fsp3) is 0.788. The van der Waals surface area contributed by atoms with E-state index in [4.69, 9.17) is 11.5 Å². The Morgan fingerprint density at radius 3 is 2.65 bits per heavy atom. The fourth-order valence-electron chi connectivity index (χ4n) is 6.45. The first-order valence-electron chi connectivity index (χ1n) is 16.1. The van der Waals surface area contributed by atoms with Crippen molar-refractivity contribution in [3.8, 4) is 0 Å². The van der Waals surface area contributed by atoms with E-state index < -0.39 is 18.3 Å². The molecule has 230 valence electrons. The number of carbonyl (C=O) groups is 1. The maximum atomic E-state index is 14.8. The Labute approximate surface area is 244 Å². The number of halogens is 1. The van der Waals surface area contributed by atoms with Gasteiger partial charge in [0, 0.05) is 30.7 Å². The van der Waals surface area contributed by atoms with Crippen molar-refractivity contribution in [1.29, 1.82) is 0 Å². The minimum absolute atomic E-state index is 0.0367. The third-order valence-electron chi connectivity index (χ3n) is 9.24. The molecule has 7 heteroatoms. The number of hydrogen-bond donors (Lipinski definition) is 5. The molecule has 0 bridgehead atoms. The van der Waals surface area contributed by atoms with Crippen LogP contribution in [0, 0.1) is 23.7 Å². The Hall–Kier alpha value is -1.70. The van der Waals surface area contributed by atoms with Crippen LogP contribution in [0.2, 0.25) is 0 Å². The van der Waals surface area contributed by atoms with Gasteiger partial charge < -0.3 is 27.4 Å². The molecule has 1 fully saturated rings. The van der Waals surface area contributed by atoms with Crippen LogP contribution in [0.1, 0.15) is 106 Å². The molecule has 0 spiro atoms. The van der Waals surface area contributed by atoms with Crippen molar-refractivity contribution in [2.45, 2.75) is 124 Å². The lowest BCUT2D eigenvalue weighted by Crippen LogP contribution is -2.57. The zero-order valence-corrected chi connectivity index (χ0v) is 26.3. The summed E-state index contributed by atoms with van der Waals surface area (Å²) in [4.78, 5) is 13.7. The smallest absolute Gasteiger partial charge is 0.232 e. The van der Waals surface area contributed by atoms with Gasteiger partial charge in [-0.25, -0.2) is 4.39 Å². The first-order valence-corrected chi connectivity index (χ1v) is 16.1. The van der Waals surface area contributed by atoms with E-state index >= 15 is 0 Å². The number of carbonyl (C=O) groups excluding carboxylic acids is 1. The van der Waals surface area contributed by atoms with Gasteiger partial charge in [-0.2, -0.15) is 0 Å². The molecule has 6 nitrogen and oxygen atoms in total. The molecule has 0 aromatic rings. The normalized spacial score (nSPS) is 25.1. The summed E-state index contributed by atoms with van der Waals surface area (Å²) in [5, 5.41) is 9.97. The quantitative estimate of drug-likeness (QED) is 0.127. The van der Waals surface area contributed by atoms with E-state index in [1.807, 2.05) is 13.0 Å². The SMILES string of the molecule is C/C=C(\NCC(F)CCC(C)CCCC)C(C(=O)NC1CNCCC1C1=C(C)C(C)CC(CC)=CCC1)C(N)N. The van der Waals surface area contributed by atoms with Gasteiger partial charge in [0.05, 0.1) is 6.17 Å². The molecule has 1 aliphatic heterocycles. The molecule has 0 aromatic heterocycles.